The number of hydrogen-bond donors (Lipinski definition) is 4. The summed E-state index contributed by atoms with van der Waals surface area (Å²) in [5, 5.41) is 0.189. The van der Waals surface area contributed by atoms with Gasteiger partial charge in [-0.25, -0.2) is 9.37 Å². The minimum Gasteiger partial charge on any atom is -0.397 e. The molecule has 8 nitrogen and oxygen atoms in total. The molecule has 0 aliphatic carbocycles. The maximum atomic E-state index is 14.4. The summed E-state index contributed by atoms with van der Waals surface area (Å²) in [6, 6.07) is 10.4. The first-order valence-corrected chi connectivity index (χ1v) is 10.3. The Balaban J connectivity index is 1.52. The highest BCUT2D eigenvalue weighted by Gasteiger charge is 2.20. The van der Waals surface area contributed by atoms with E-state index in [4.69, 9.17) is 11.5 Å². The molecule has 0 saturated carbocycles. The van der Waals surface area contributed by atoms with Gasteiger partial charge in [0.1, 0.15) is 17.2 Å². The zero-order chi connectivity index (χ0) is 21.5. The quantitative estimate of drug-likeness (QED) is 0.399. The van der Waals surface area contributed by atoms with E-state index in [2.05, 4.69) is 24.8 Å². The first kappa shape index (κ1) is 19.5. The van der Waals surface area contributed by atoms with Crippen molar-refractivity contribution in [2.24, 2.45) is 5.73 Å². The molecule has 0 spiro atoms. The molecular weight excluding hydrogens is 397 g/mol. The van der Waals surface area contributed by atoms with Crippen LogP contribution in [-0.4, -0.2) is 59.1 Å². The highest BCUT2D eigenvalue weighted by atomic mass is 19.1. The molecule has 1 saturated heterocycles. The lowest BCUT2D eigenvalue weighted by molar-refractivity contribution is 0.265. The van der Waals surface area contributed by atoms with Gasteiger partial charge in [0.2, 0.25) is 0 Å². The van der Waals surface area contributed by atoms with Gasteiger partial charge in [-0.1, -0.05) is 6.07 Å². The van der Waals surface area contributed by atoms with Crippen LogP contribution in [0, 0.1) is 5.82 Å². The van der Waals surface area contributed by atoms with E-state index in [1.165, 1.54) is 12.1 Å². The Hall–Kier alpha value is -3.43. The van der Waals surface area contributed by atoms with Crippen LogP contribution in [0.15, 0.2) is 41.2 Å². The highest BCUT2D eigenvalue weighted by Crippen LogP contribution is 2.30. The van der Waals surface area contributed by atoms with Gasteiger partial charge in [0.15, 0.2) is 0 Å². The Kier molecular flexibility index (Phi) is 4.84. The van der Waals surface area contributed by atoms with Crippen molar-refractivity contribution in [3.8, 4) is 11.4 Å². The van der Waals surface area contributed by atoms with Crippen molar-refractivity contribution < 1.29 is 4.39 Å². The first-order chi connectivity index (χ1) is 15.0. The predicted molar refractivity (Wildman–Crippen MR) is 122 cm³/mol. The van der Waals surface area contributed by atoms with Gasteiger partial charge in [-0.15, -0.1) is 0 Å². The number of H-pyrrole nitrogens is 2. The molecule has 0 bridgehead atoms. The summed E-state index contributed by atoms with van der Waals surface area (Å²) in [6.07, 6.45) is 0. The maximum Gasteiger partial charge on any atom is 0.261 e. The van der Waals surface area contributed by atoms with Gasteiger partial charge in [-0.05, 0) is 30.3 Å². The lowest BCUT2D eigenvalue weighted by atomic mass is 10.1. The summed E-state index contributed by atoms with van der Waals surface area (Å²) >= 11 is 0. The molecule has 2 aromatic heterocycles. The van der Waals surface area contributed by atoms with Gasteiger partial charge in [0.25, 0.3) is 5.56 Å². The number of benzene rings is 2. The van der Waals surface area contributed by atoms with Crippen LogP contribution >= 0.6 is 0 Å². The van der Waals surface area contributed by atoms with Gasteiger partial charge >= 0.3 is 0 Å². The van der Waals surface area contributed by atoms with E-state index in [0.29, 0.717) is 23.4 Å². The second kappa shape index (κ2) is 7.68. The Morgan fingerprint density at radius 3 is 2.65 bits per heavy atom. The van der Waals surface area contributed by atoms with E-state index in [-0.39, 0.29) is 16.6 Å². The third-order valence-electron chi connectivity index (χ3n) is 5.91. The highest BCUT2D eigenvalue weighted by molar-refractivity contribution is 5.98. The maximum absolute atomic E-state index is 14.4. The van der Waals surface area contributed by atoms with Crippen LogP contribution in [0.1, 0.15) is 0 Å². The third kappa shape index (κ3) is 3.41. The van der Waals surface area contributed by atoms with Gasteiger partial charge < -0.3 is 26.3 Å². The number of anilines is 2. The molecule has 160 valence electrons. The van der Waals surface area contributed by atoms with Gasteiger partial charge in [0.05, 0.1) is 27.6 Å². The lowest BCUT2D eigenvalue weighted by Gasteiger charge is -2.35. The van der Waals surface area contributed by atoms with Crippen LogP contribution in [0.2, 0.25) is 0 Å². The lowest BCUT2D eigenvalue weighted by Crippen LogP contribution is -2.47. The number of hydrogen-bond acceptors (Lipinski definition) is 6. The number of halogens is 1. The molecular formula is C22H24FN7O. The van der Waals surface area contributed by atoms with Crippen molar-refractivity contribution in [1.29, 1.82) is 0 Å². The standard InChI is InChI=1S/C22H24FN7O/c23-14-2-1-3-16-18(14)20(25)19(22(31)28-16)21-26-15-5-4-13(12-17(15)27-21)30-10-8-29(7-6-24)9-11-30/h1-5,12H,6-11,24H2,(H,26,27)(H3,25,28,31). The smallest absolute Gasteiger partial charge is 0.261 e. The minimum absolute atomic E-state index is 0.0761. The Morgan fingerprint density at radius 1 is 1.06 bits per heavy atom. The number of nitrogens with one attached hydrogen (secondary N) is 2. The molecule has 0 amide bonds. The number of piperazine rings is 1. The van der Waals surface area contributed by atoms with E-state index < -0.39 is 11.4 Å². The molecule has 1 aliphatic rings. The van der Waals surface area contributed by atoms with Crippen LogP contribution in [0.25, 0.3) is 33.3 Å². The molecule has 31 heavy (non-hydrogen) atoms. The molecule has 9 heteroatoms. The Morgan fingerprint density at radius 2 is 1.87 bits per heavy atom. The summed E-state index contributed by atoms with van der Waals surface area (Å²) in [5.41, 5.74) is 14.6. The van der Waals surface area contributed by atoms with E-state index in [9.17, 15) is 9.18 Å². The fourth-order valence-electron chi connectivity index (χ4n) is 4.29. The third-order valence-corrected chi connectivity index (χ3v) is 5.91. The number of nitrogens with zero attached hydrogens (tertiary/aromatic N) is 3. The minimum atomic E-state index is -0.486. The van der Waals surface area contributed by atoms with Crippen LogP contribution in [0.5, 0.6) is 0 Å². The molecule has 1 fully saturated rings. The van der Waals surface area contributed by atoms with E-state index in [0.717, 1.165) is 43.9 Å². The van der Waals surface area contributed by atoms with Crippen molar-refractivity contribution >= 4 is 33.3 Å². The Bertz CT molecular complexity index is 1320. The van der Waals surface area contributed by atoms with Crippen molar-refractivity contribution in [3.63, 3.8) is 0 Å². The molecule has 1 aliphatic heterocycles. The molecule has 4 aromatic rings. The number of pyridine rings is 1. The molecule has 3 heterocycles. The second-order valence-corrected chi connectivity index (χ2v) is 7.81. The summed E-state index contributed by atoms with van der Waals surface area (Å²) in [7, 11) is 0. The normalized spacial score (nSPS) is 15.2. The van der Waals surface area contributed by atoms with Gasteiger partial charge in [-0.3, -0.25) is 9.69 Å². The van der Waals surface area contributed by atoms with Crippen molar-refractivity contribution in [2.75, 3.05) is 49.9 Å². The average Bonchev–Trinajstić information content (AvgIpc) is 3.17. The fourth-order valence-corrected chi connectivity index (χ4v) is 4.29. The van der Waals surface area contributed by atoms with E-state index in [1.54, 1.807) is 6.07 Å². The second-order valence-electron chi connectivity index (χ2n) is 7.81. The van der Waals surface area contributed by atoms with Gasteiger partial charge in [0, 0.05) is 45.0 Å². The summed E-state index contributed by atoms with van der Waals surface area (Å²) in [6.45, 7) is 5.37. The van der Waals surface area contributed by atoms with Crippen LogP contribution in [-0.2, 0) is 0 Å². The molecule has 6 N–H and O–H groups in total. The van der Waals surface area contributed by atoms with Crippen molar-refractivity contribution in [2.45, 2.75) is 0 Å². The van der Waals surface area contributed by atoms with Crippen LogP contribution in [0.3, 0.4) is 0 Å². The molecule has 5 rings (SSSR count). The number of imidazole rings is 1. The van der Waals surface area contributed by atoms with Gasteiger partial charge in [-0.2, -0.15) is 0 Å². The van der Waals surface area contributed by atoms with Crippen LogP contribution < -0.4 is 21.9 Å². The zero-order valence-electron chi connectivity index (χ0n) is 17.0. The Labute approximate surface area is 177 Å². The number of nitrogen functional groups attached to an aromatic ring is 1. The largest absolute Gasteiger partial charge is 0.397 e. The number of fused-ring (bicyclic) bond motifs is 2. The topological polar surface area (TPSA) is 120 Å². The summed E-state index contributed by atoms with van der Waals surface area (Å²) in [5.74, 6) is -0.163. The van der Waals surface area contributed by atoms with Crippen LogP contribution in [0.4, 0.5) is 15.8 Å². The first-order valence-electron chi connectivity index (χ1n) is 10.3. The molecule has 0 radical (unpaired) electrons. The van der Waals surface area contributed by atoms with Crippen molar-refractivity contribution in [1.82, 2.24) is 19.9 Å². The fraction of sp³-hybridized carbons (Fsp3) is 0.273. The monoisotopic (exact) mass is 421 g/mol. The number of nitrogens with two attached hydrogens (primary N) is 2. The molecule has 0 atom stereocenters. The average molecular weight is 421 g/mol. The van der Waals surface area contributed by atoms with Crippen molar-refractivity contribution in [3.05, 3.63) is 52.6 Å². The number of rotatable bonds is 4. The zero-order valence-corrected chi connectivity index (χ0v) is 17.0. The SMILES string of the molecule is NCCN1CCN(c2ccc3nc(-c4c(N)c5c(F)cccc5[nH]c4=O)[nH]c3c2)CC1. The predicted octanol–water partition coefficient (Wildman–Crippen LogP) is 1.87. The van der Waals surface area contributed by atoms with E-state index in [1.807, 2.05) is 18.2 Å². The number of aromatic nitrogens is 3. The summed E-state index contributed by atoms with van der Waals surface area (Å²) < 4.78 is 14.4. The summed E-state index contributed by atoms with van der Waals surface area (Å²) in [4.78, 5) is 27.8. The molecule has 2 aromatic carbocycles. The van der Waals surface area contributed by atoms with E-state index >= 15 is 0 Å². The number of aromatic amines is 2. The molecule has 0 unspecified atom stereocenters.